The van der Waals surface area contributed by atoms with Crippen molar-refractivity contribution >= 4 is 10.9 Å². The number of fused-ring (bicyclic) bond motifs is 1. The maximum atomic E-state index is 4.33. The molecule has 0 aliphatic heterocycles. The Morgan fingerprint density at radius 3 is 2.36 bits per heavy atom. The molecule has 0 aliphatic carbocycles. The Hall–Kier alpha value is -1.38. The zero-order chi connectivity index (χ0) is 10.7. The van der Waals surface area contributed by atoms with Crippen LogP contribution in [0.25, 0.3) is 10.9 Å². The second-order valence-corrected chi connectivity index (χ2v) is 3.00. The molecule has 0 aromatic carbocycles. The third-order valence-electron chi connectivity index (χ3n) is 2.12. The highest BCUT2D eigenvalue weighted by Crippen LogP contribution is 2.18. The average Bonchev–Trinajstić information content (AvgIpc) is 2.47. The van der Waals surface area contributed by atoms with E-state index in [2.05, 4.69) is 10.1 Å². The maximum Gasteiger partial charge on any atom is 0.0894 e. The third-order valence-corrected chi connectivity index (χ3v) is 2.12. The van der Waals surface area contributed by atoms with E-state index in [0.29, 0.717) is 0 Å². The smallest absolute Gasteiger partial charge is 0.0894 e. The molecule has 0 atom stereocenters. The van der Waals surface area contributed by atoms with Crippen LogP contribution in [0.1, 0.15) is 25.2 Å². The zero-order valence-electron chi connectivity index (χ0n) is 9.50. The van der Waals surface area contributed by atoms with Gasteiger partial charge in [-0.05, 0) is 19.9 Å². The second kappa shape index (κ2) is 4.22. The van der Waals surface area contributed by atoms with E-state index in [4.69, 9.17) is 0 Å². The molecule has 0 aliphatic rings. The molecule has 2 aromatic heterocycles. The molecule has 0 saturated carbocycles. The van der Waals surface area contributed by atoms with Crippen molar-refractivity contribution in [2.45, 2.75) is 27.7 Å². The first-order valence-electron chi connectivity index (χ1n) is 4.95. The molecule has 14 heavy (non-hydrogen) atoms. The minimum Gasteiger partial charge on any atom is -0.266 e. The van der Waals surface area contributed by atoms with Gasteiger partial charge in [0.25, 0.3) is 0 Å². The Morgan fingerprint density at radius 1 is 1.14 bits per heavy atom. The predicted octanol–water partition coefficient (Wildman–Crippen LogP) is 2.61. The summed E-state index contributed by atoms with van der Waals surface area (Å²) in [4.78, 5) is 4.22. The topological polar surface area (TPSA) is 30.7 Å². The average molecular weight is 191 g/mol. The fourth-order valence-corrected chi connectivity index (χ4v) is 1.59. The molecule has 0 fully saturated rings. The summed E-state index contributed by atoms with van der Waals surface area (Å²) in [6.07, 6.45) is 1.83. The van der Waals surface area contributed by atoms with Crippen LogP contribution in [0.4, 0.5) is 0 Å². The lowest BCUT2D eigenvalue weighted by Crippen LogP contribution is -1.92. The SMILES string of the molecule is CC.Cc1nn(C)c2c(C)nccc12. The van der Waals surface area contributed by atoms with Gasteiger partial charge in [-0.2, -0.15) is 5.10 Å². The maximum absolute atomic E-state index is 4.33. The Labute approximate surface area is 84.8 Å². The van der Waals surface area contributed by atoms with E-state index in [9.17, 15) is 0 Å². The fraction of sp³-hybridized carbons (Fsp3) is 0.455. The van der Waals surface area contributed by atoms with Crippen LogP contribution in [0.2, 0.25) is 0 Å². The van der Waals surface area contributed by atoms with E-state index in [-0.39, 0.29) is 0 Å². The van der Waals surface area contributed by atoms with Gasteiger partial charge in [-0.25, -0.2) is 0 Å². The fourth-order valence-electron chi connectivity index (χ4n) is 1.59. The molecule has 0 unspecified atom stereocenters. The monoisotopic (exact) mass is 191 g/mol. The highest BCUT2D eigenvalue weighted by Gasteiger charge is 2.06. The molecular formula is C11H17N3. The molecule has 0 saturated heterocycles. The van der Waals surface area contributed by atoms with Crippen LogP contribution in [0.3, 0.4) is 0 Å². The van der Waals surface area contributed by atoms with Crippen molar-refractivity contribution in [1.82, 2.24) is 14.8 Å². The Bertz CT molecular complexity index is 429. The van der Waals surface area contributed by atoms with E-state index in [1.54, 1.807) is 0 Å². The van der Waals surface area contributed by atoms with E-state index < -0.39 is 0 Å². The first-order valence-corrected chi connectivity index (χ1v) is 4.95. The van der Waals surface area contributed by atoms with Crippen LogP contribution in [0.5, 0.6) is 0 Å². The largest absolute Gasteiger partial charge is 0.266 e. The quantitative estimate of drug-likeness (QED) is 0.641. The summed E-state index contributed by atoms with van der Waals surface area (Å²) in [5.74, 6) is 0. The number of rotatable bonds is 0. The van der Waals surface area contributed by atoms with Crippen molar-refractivity contribution in [3.8, 4) is 0 Å². The molecule has 0 spiro atoms. The second-order valence-electron chi connectivity index (χ2n) is 3.00. The van der Waals surface area contributed by atoms with Gasteiger partial charge in [-0.3, -0.25) is 9.67 Å². The van der Waals surface area contributed by atoms with Crippen LogP contribution in [-0.2, 0) is 7.05 Å². The number of hydrogen-bond acceptors (Lipinski definition) is 2. The minimum absolute atomic E-state index is 1.04. The van der Waals surface area contributed by atoms with E-state index in [1.165, 1.54) is 5.39 Å². The Balaban J connectivity index is 0.000000461. The Morgan fingerprint density at radius 2 is 1.79 bits per heavy atom. The van der Waals surface area contributed by atoms with Crippen molar-refractivity contribution in [3.63, 3.8) is 0 Å². The van der Waals surface area contributed by atoms with Crippen molar-refractivity contribution < 1.29 is 0 Å². The minimum atomic E-state index is 1.04. The molecule has 3 nitrogen and oxygen atoms in total. The molecule has 76 valence electrons. The first kappa shape index (κ1) is 10.7. The van der Waals surface area contributed by atoms with Crippen molar-refractivity contribution in [3.05, 3.63) is 23.7 Å². The molecule has 0 radical (unpaired) electrons. The molecule has 0 bridgehead atoms. The predicted molar refractivity (Wildman–Crippen MR) is 59.3 cm³/mol. The number of pyridine rings is 1. The highest BCUT2D eigenvalue weighted by molar-refractivity contribution is 5.83. The number of nitrogens with zero attached hydrogens (tertiary/aromatic N) is 3. The van der Waals surface area contributed by atoms with E-state index >= 15 is 0 Å². The van der Waals surface area contributed by atoms with Gasteiger partial charge in [0.2, 0.25) is 0 Å². The van der Waals surface area contributed by atoms with Crippen LogP contribution in [0.15, 0.2) is 12.3 Å². The van der Waals surface area contributed by atoms with Crippen LogP contribution in [-0.4, -0.2) is 14.8 Å². The van der Waals surface area contributed by atoms with Crippen LogP contribution < -0.4 is 0 Å². The first-order chi connectivity index (χ1) is 6.70. The molecule has 2 rings (SSSR count). The summed E-state index contributed by atoms with van der Waals surface area (Å²) in [5.41, 5.74) is 3.24. The summed E-state index contributed by atoms with van der Waals surface area (Å²) in [5, 5.41) is 5.53. The molecule has 3 heteroatoms. The van der Waals surface area contributed by atoms with Crippen LogP contribution >= 0.6 is 0 Å². The van der Waals surface area contributed by atoms with Crippen molar-refractivity contribution in [2.75, 3.05) is 0 Å². The molecule has 0 N–H and O–H groups in total. The molecular weight excluding hydrogens is 174 g/mol. The van der Waals surface area contributed by atoms with Gasteiger partial charge < -0.3 is 0 Å². The van der Waals surface area contributed by atoms with Gasteiger partial charge in [-0.1, -0.05) is 13.8 Å². The number of hydrogen-bond donors (Lipinski definition) is 0. The molecule has 0 amide bonds. The summed E-state index contributed by atoms with van der Waals surface area (Å²) < 4.78 is 1.88. The lowest BCUT2D eigenvalue weighted by atomic mass is 10.2. The number of aryl methyl sites for hydroxylation is 3. The van der Waals surface area contributed by atoms with Crippen LogP contribution in [0, 0.1) is 13.8 Å². The van der Waals surface area contributed by atoms with Gasteiger partial charge in [0.15, 0.2) is 0 Å². The van der Waals surface area contributed by atoms with Gasteiger partial charge in [0, 0.05) is 18.6 Å². The van der Waals surface area contributed by atoms with E-state index in [0.717, 1.165) is 16.9 Å². The zero-order valence-corrected chi connectivity index (χ0v) is 9.50. The van der Waals surface area contributed by atoms with Gasteiger partial charge in [-0.15, -0.1) is 0 Å². The lowest BCUT2D eigenvalue weighted by Gasteiger charge is -1.96. The van der Waals surface area contributed by atoms with Gasteiger partial charge in [0.05, 0.1) is 16.9 Å². The summed E-state index contributed by atoms with van der Waals surface area (Å²) in [6.45, 7) is 8.02. The Kier molecular flexibility index (Phi) is 3.23. The summed E-state index contributed by atoms with van der Waals surface area (Å²) in [6, 6.07) is 2.00. The molecule has 2 heterocycles. The number of aromatic nitrogens is 3. The molecule has 2 aromatic rings. The summed E-state index contributed by atoms with van der Waals surface area (Å²) in [7, 11) is 1.95. The van der Waals surface area contributed by atoms with Gasteiger partial charge >= 0.3 is 0 Å². The highest BCUT2D eigenvalue weighted by atomic mass is 15.3. The normalized spacial score (nSPS) is 9.79. The summed E-state index contributed by atoms with van der Waals surface area (Å²) >= 11 is 0. The lowest BCUT2D eigenvalue weighted by molar-refractivity contribution is 0.779. The standard InChI is InChI=1S/C9H11N3.C2H6/c1-6-8-4-5-10-7(2)9(8)12(3)11-6;1-2/h4-5H,1-3H3;1-2H3. The van der Waals surface area contributed by atoms with Gasteiger partial charge in [0.1, 0.15) is 0 Å². The third kappa shape index (κ3) is 1.62. The van der Waals surface area contributed by atoms with Crippen molar-refractivity contribution in [2.24, 2.45) is 7.05 Å². The van der Waals surface area contributed by atoms with Crippen molar-refractivity contribution in [1.29, 1.82) is 0 Å². The van der Waals surface area contributed by atoms with E-state index in [1.807, 2.05) is 51.7 Å².